The first-order chi connectivity index (χ1) is 8.96. The Hall–Kier alpha value is -1.49. The van der Waals surface area contributed by atoms with Crippen LogP contribution in [0.25, 0.3) is 5.57 Å². The lowest BCUT2D eigenvalue weighted by Crippen LogP contribution is -2.36. The molecule has 19 heavy (non-hydrogen) atoms. The molecule has 2 amide bonds. The summed E-state index contributed by atoms with van der Waals surface area (Å²) in [6, 6.07) is 0.532. The number of hydrogen-bond acceptors (Lipinski definition) is 7. The molecule has 3 heterocycles. The SMILES string of the molecule is O=C1N2CC=C(c3ccns3)C(C2)N1OS(=O)(=O)[O-]. The van der Waals surface area contributed by atoms with E-state index in [1.165, 1.54) is 16.4 Å². The predicted octanol–water partition coefficient (Wildman–Crippen LogP) is 0.0381. The Morgan fingerprint density at radius 3 is 2.95 bits per heavy atom. The highest BCUT2D eigenvalue weighted by Gasteiger charge is 2.44. The van der Waals surface area contributed by atoms with Crippen LogP contribution in [0.1, 0.15) is 4.88 Å². The molecule has 102 valence electrons. The first-order valence-corrected chi connectivity index (χ1v) is 7.41. The molecule has 1 unspecified atom stereocenters. The fourth-order valence-corrected chi connectivity index (χ4v) is 3.21. The summed E-state index contributed by atoms with van der Waals surface area (Å²) in [4.78, 5) is 14.1. The van der Waals surface area contributed by atoms with Crippen molar-refractivity contribution in [1.82, 2.24) is 14.3 Å². The number of nitrogens with zero attached hydrogens (tertiary/aromatic N) is 3. The van der Waals surface area contributed by atoms with Crippen molar-refractivity contribution in [3.63, 3.8) is 0 Å². The first-order valence-electron chi connectivity index (χ1n) is 5.30. The summed E-state index contributed by atoms with van der Waals surface area (Å²) in [5.41, 5.74) is 0.744. The molecule has 2 aliphatic rings. The molecule has 0 aromatic carbocycles. The second-order valence-corrected chi connectivity index (χ2v) is 5.85. The summed E-state index contributed by atoms with van der Waals surface area (Å²) in [5.74, 6) is 0. The molecule has 10 heteroatoms. The third-order valence-corrected chi connectivity index (χ3v) is 4.06. The topological polar surface area (TPSA) is 103 Å². The molecular formula is C9H8N3O5S2-. The third kappa shape index (κ3) is 2.23. The lowest BCUT2D eigenvalue weighted by atomic mass is 10.0. The Bertz CT molecular complexity index is 639. The number of amides is 2. The smallest absolute Gasteiger partial charge is 0.346 e. The van der Waals surface area contributed by atoms with Crippen LogP contribution in [-0.4, -0.2) is 52.5 Å². The van der Waals surface area contributed by atoms with Crippen LogP contribution in [0.4, 0.5) is 4.79 Å². The monoisotopic (exact) mass is 302 g/mol. The van der Waals surface area contributed by atoms with Crippen LogP contribution in [0.15, 0.2) is 18.3 Å². The minimum Gasteiger partial charge on any atom is -0.724 e. The van der Waals surface area contributed by atoms with Gasteiger partial charge in [0.05, 0.1) is 11.4 Å². The van der Waals surface area contributed by atoms with E-state index in [2.05, 4.69) is 8.66 Å². The molecule has 1 aromatic rings. The minimum absolute atomic E-state index is 0.290. The Labute approximate surface area is 113 Å². The maximum absolute atomic E-state index is 11.9. The summed E-state index contributed by atoms with van der Waals surface area (Å²) in [6.07, 6.45) is 3.42. The quantitative estimate of drug-likeness (QED) is 0.577. The van der Waals surface area contributed by atoms with E-state index in [-0.39, 0.29) is 6.54 Å². The van der Waals surface area contributed by atoms with Crippen molar-refractivity contribution in [2.45, 2.75) is 6.04 Å². The molecule has 2 aliphatic heterocycles. The highest BCUT2D eigenvalue weighted by atomic mass is 32.3. The standard InChI is InChI=1S/C9H9N3O5S2/c13-9-11-4-2-6(8-1-3-10-18-8)7(5-11)12(9)17-19(14,15)16/h1-3,7H,4-5H2,(H,14,15,16)/p-1. The molecule has 0 radical (unpaired) electrons. The highest BCUT2D eigenvalue weighted by Crippen LogP contribution is 2.34. The van der Waals surface area contributed by atoms with Crippen molar-refractivity contribution in [1.29, 1.82) is 0 Å². The van der Waals surface area contributed by atoms with Crippen molar-refractivity contribution in [2.24, 2.45) is 0 Å². The maximum atomic E-state index is 11.9. The van der Waals surface area contributed by atoms with E-state index in [4.69, 9.17) is 0 Å². The number of carbonyl (C=O) groups excluding carboxylic acids is 1. The molecular weight excluding hydrogens is 294 g/mol. The van der Waals surface area contributed by atoms with Crippen molar-refractivity contribution in [2.75, 3.05) is 13.1 Å². The van der Waals surface area contributed by atoms with Gasteiger partial charge in [-0.15, -0.1) is 0 Å². The number of hydrogen-bond donors (Lipinski definition) is 0. The van der Waals surface area contributed by atoms with Gasteiger partial charge in [-0.05, 0) is 23.2 Å². The van der Waals surface area contributed by atoms with Gasteiger partial charge in [0.1, 0.15) is 6.04 Å². The number of carbonyl (C=O) groups is 1. The van der Waals surface area contributed by atoms with Gasteiger partial charge in [0, 0.05) is 12.7 Å². The Morgan fingerprint density at radius 2 is 2.32 bits per heavy atom. The second-order valence-electron chi connectivity index (χ2n) is 4.05. The van der Waals surface area contributed by atoms with Gasteiger partial charge in [0.25, 0.3) is 0 Å². The first kappa shape index (κ1) is 12.5. The molecule has 1 fully saturated rings. The zero-order valence-corrected chi connectivity index (χ0v) is 11.1. The van der Waals surface area contributed by atoms with Gasteiger partial charge >= 0.3 is 6.03 Å². The predicted molar refractivity (Wildman–Crippen MR) is 63.5 cm³/mol. The Kier molecular flexibility index (Phi) is 2.82. The van der Waals surface area contributed by atoms with E-state index in [9.17, 15) is 17.8 Å². The van der Waals surface area contributed by atoms with Crippen LogP contribution in [0.2, 0.25) is 0 Å². The normalized spacial score (nSPS) is 22.9. The van der Waals surface area contributed by atoms with Crippen LogP contribution in [0.5, 0.6) is 0 Å². The van der Waals surface area contributed by atoms with E-state index in [1.54, 1.807) is 18.3 Å². The van der Waals surface area contributed by atoms with Crippen LogP contribution >= 0.6 is 11.5 Å². The van der Waals surface area contributed by atoms with Gasteiger partial charge < -0.3 is 9.45 Å². The number of rotatable bonds is 3. The molecule has 0 N–H and O–H groups in total. The van der Waals surface area contributed by atoms with Gasteiger partial charge in [0.2, 0.25) is 10.4 Å². The van der Waals surface area contributed by atoms with Crippen LogP contribution in [0.3, 0.4) is 0 Å². The molecule has 1 aromatic heterocycles. The molecule has 2 bridgehead atoms. The van der Waals surface area contributed by atoms with Crippen molar-refractivity contribution in [3.05, 3.63) is 23.2 Å². The third-order valence-electron chi connectivity index (χ3n) is 2.92. The zero-order chi connectivity index (χ0) is 13.6. The van der Waals surface area contributed by atoms with Crippen LogP contribution < -0.4 is 0 Å². The van der Waals surface area contributed by atoms with Crippen LogP contribution in [-0.2, 0) is 14.7 Å². The fraction of sp³-hybridized carbons (Fsp3) is 0.333. The molecule has 0 saturated carbocycles. The number of fused-ring (bicyclic) bond motifs is 2. The summed E-state index contributed by atoms with van der Waals surface area (Å²) in [5, 5.41) is 0.626. The number of urea groups is 1. The molecule has 3 rings (SSSR count). The van der Waals surface area contributed by atoms with E-state index in [1.807, 2.05) is 0 Å². The zero-order valence-electron chi connectivity index (χ0n) is 9.42. The van der Waals surface area contributed by atoms with Gasteiger partial charge in [0.15, 0.2) is 0 Å². The van der Waals surface area contributed by atoms with Crippen LogP contribution in [0, 0.1) is 0 Å². The second kappa shape index (κ2) is 4.27. The largest absolute Gasteiger partial charge is 0.724 e. The lowest BCUT2D eigenvalue weighted by Gasteiger charge is -2.24. The number of hydroxylamine groups is 2. The minimum atomic E-state index is -4.98. The summed E-state index contributed by atoms with van der Waals surface area (Å²) in [6.45, 7) is 0.638. The molecule has 1 atom stereocenters. The van der Waals surface area contributed by atoms with E-state index in [0.717, 1.165) is 10.5 Å². The van der Waals surface area contributed by atoms with Crippen molar-refractivity contribution in [3.8, 4) is 0 Å². The van der Waals surface area contributed by atoms with Gasteiger partial charge in [-0.25, -0.2) is 17.6 Å². The Morgan fingerprint density at radius 1 is 1.53 bits per heavy atom. The Balaban J connectivity index is 1.95. The van der Waals surface area contributed by atoms with Gasteiger partial charge in [-0.1, -0.05) is 6.08 Å². The average Bonchev–Trinajstić information content (AvgIpc) is 2.93. The molecule has 1 saturated heterocycles. The lowest BCUT2D eigenvalue weighted by molar-refractivity contribution is -0.0171. The molecule has 0 spiro atoms. The number of aromatic nitrogens is 1. The van der Waals surface area contributed by atoms with Crippen molar-refractivity contribution < 1.29 is 22.0 Å². The van der Waals surface area contributed by atoms with Crippen molar-refractivity contribution >= 4 is 33.5 Å². The van der Waals surface area contributed by atoms with Gasteiger partial charge in [-0.3, -0.25) is 0 Å². The summed E-state index contributed by atoms with van der Waals surface area (Å²) in [7, 11) is -4.98. The fourth-order valence-electron chi connectivity index (χ4n) is 2.17. The average molecular weight is 302 g/mol. The van der Waals surface area contributed by atoms with E-state index < -0.39 is 22.5 Å². The summed E-state index contributed by atoms with van der Waals surface area (Å²) >= 11 is 1.23. The highest BCUT2D eigenvalue weighted by molar-refractivity contribution is 7.80. The van der Waals surface area contributed by atoms with E-state index in [0.29, 0.717) is 11.6 Å². The summed E-state index contributed by atoms with van der Waals surface area (Å²) < 4.78 is 40.3. The maximum Gasteiger partial charge on any atom is 0.346 e. The van der Waals surface area contributed by atoms with Gasteiger partial charge in [-0.2, -0.15) is 9.35 Å². The molecule has 8 nitrogen and oxygen atoms in total. The van der Waals surface area contributed by atoms with E-state index >= 15 is 0 Å². The molecule has 0 aliphatic carbocycles.